The fourth-order valence-corrected chi connectivity index (χ4v) is 4.16. The Balaban J connectivity index is 1.72. The molecule has 0 saturated carbocycles. The first-order valence-electron chi connectivity index (χ1n) is 8.13. The van der Waals surface area contributed by atoms with Gasteiger partial charge in [0.1, 0.15) is 10.6 Å². The number of thiophene rings is 1. The van der Waals surface area contributed by atoms with Crippen molar-refractivity contribution >= 4 is 67.7 Å². The van der Waals surface area contributed by atoms with Gasteiger partial charge in [-0.2, -0.15) is 0 Å². The largest absolute Gasteiger partial charge is 0.494 e. The highest BCUT2D eigenvalue weighted by Crippen LogP contribution is 2.37. The number of fused-ring (bicyclic) bond motifs is 1. The second kappa shape index (κ2) is 8.56. The number of benzene rings is 2. The van der Waals surface area contributed by atoms with Crippen molar-refractivity contribution in [2.75, 3.05) is 24.4 Å². The summed E-state index contributed by atoms with van der Waals surface area (Å²) >= 11 is 12.9. The highest BCUT2D eigenvalue weighted by atomic mass is 35.5. The molecule has 0 aliphatic heterocycles. The zero-order valence-corrected chi connectivity index (χ0v) is 17.1. The zero-order chi connectivity index (χ0) is 19.4. The van der Waals surface area contributed by atoms with E-state index in [4.69, 9.17) is 33.3 Å². The Hall–Kier alpha value is -2.35. The summed E-state index contributed by atoms with van der Waals surface area (Å²) in [6.45, 7) is 2.57. The van der Waals surface area contributed by atoms with Crippen LogP contribution in [-0.2, 0) is 4.74 Å². The number of methoxy groups -OCH3 is 1. The number of hydrogen-bond acceptors (Lipinski definition) is 5. The third-order valence-corrected chi connectivity index (χ3v) is 5.52. The molecule has 0 bridgehead atoms. The van der Waals surface area contributed by atoms with E-state index in [2.05, 4.69) is 10.6 Å². The number of hydrogen-bond donors (Lipinski definition) is 2. The van der Waals surface area contributed by atoms with Gasteiger partial charge in [0, 0.05) is 21.5 Å². The number of carbonyl (C=O) groups is 1. The van der Waals surface area contributed by atoms with E-state index in [1.165, 1.54) is 18.4 Å². The van der Waals surface area contributed by atoms with Gasteiger partial charge in [-0.05, 0) is 61.6 Å². The number of carbonyl (C=O) groups excluding carboxylic acids is 1. The van der Waals surface area contributed by atoms with Crippen LogP contribution in [0.5, 0.6) is 5.75 Å². The molecule has 0 saturated heterocycles. The van der Waals surface area contributed by atoms with Crippen LogP contribution in [0.3, 0.4) is 0 Å². The molecule has 1 heterocycles. The maximum absolute atomic E-state index is 11.8. The first kappa shape index (κ1) is 19.4. The minimum Gasteiger partial charge on any atom is -0.494 e. The summed E-state index contributed by atoms with van der Waals surface area (Å²) in [4.78, 5) is 12.2. The normalized spacial score (nSPS) is 10.5. The molecule has 5 nitrogen and oxygen atoms in total. The molecule has 0 aliphatic rings. The number of anilines is 2. The van der Waals surface area contributed by atoms with Crippen LogP contribution in [0.25, 0.3) is 10.1 Å². The lowest BCUT2D eigenvalue weighted by molar-refractivity contribution is 0.0606. The van der Waals surface area contributed by atoms with E-state index in [1.807, 2.05) is 49.4 Å². The number of rotatable bonds is 5. The second-order valence-corrected chi connectivity index (χ2v) is 7.32. The highest BCUT2D eigenvalue weighted by molar-refractivity contribution is 7.80. The lowest BCUT2D eigenvalue weighted by Crippen LogP contribution is -2.18. The van der Waals surface area contributed by atoms with Crippen LogP contribution in [0.2, 0.25) is 5.02 Å². The van der Waals surface area contributed by atoms with E-state index in [9.17, 15) is 4.79 Å². The van der Waals surface area contributed by atoms with E-state index in [1.54, 1.807) is 0 Å². The average molecular weight is 421 g/mol. The zero-order valence-electron chi connectivity index (χ0n) is 14.7. The van der Waals surface area contributed by atoms with Crippen LogP contribution in [0.4, 0.5) is 11.4 Å². The van der Waals surface area contributed by atoms with Gasteiger partial charge in [-0.25, -0.2) is 4.79 Å². The van der Waals surface area contributed by atoms with Gasteiger partial charge < -0.3 is 20.1 Å². The van der Waals surface area contributed by atoms with Crippen LogP contribution < -0.4 is 15.4 Å². The third-order valence-electron chi connectivity index (χ3n) is 3.68. The quantitative estimate of drug-likeness (QED) is 0.417. The predicted molar refractivity (Wildman–Crippen MR) is 116 cm³/mol. The maximum Gasteiger partial charge on any atom is 0.349 e. The summed E-state index contributed by atoms with van der Waals surface area (Å²) in [5.41, 5.74) is 1.64. The summed E-state index contributed by atoms with van der Waals surface area (Å²) in [7, 11) is 1.33. The standard InChI is InChI=1S/C19H17ClN2O3S2/c1-3-25-13-7-4-11(5-8-13)21-19(26)22-12-6-9-14-15(10-12)27-17(16(14)20)18(23)24-2/h4-10H,3H2,1-2H3,(H2,21,22,26). The fourth-order valence-electron chi connectivity index (χ4n) is 2.46. The van der Waals surface area contributed by atoms with Gasteiger partial charge in [-0.1, -0.05) is 11.6 Å². The smallest absolute Gasteiger partial charge is 0.349 e. The van der Waals surface area contributed by atoms with Crippen LogP contribution >= 0.6 is 35.2 Å². The Morgan fingerprint density at radius 1 is 1.15 bits per heavy atom. The molecule has 3 aromatic rings. The number of thiocarbonyl (C=S) groups is 1. The predicted octanol–water partition coefficient (Wildman–Crippen LogP) is 5.55. The Morgan fingerprint density at radius 2 is 1.81 bits per heavy atom. The van der Waals surface area contributed by atoms with Crippen molar-refractivity contribution in [3.63, 3.8) is 0 Å². The van der Waals surface area contributed by atoms with E-state index >= 15 is 0 Å². The van der Waals surface area contributed by atoms with Gasteiger partial charge in [-0.3, -0.25) is 0 Å². The summed E-state index contributed by atoms with van der Waals surface area (Å²) in [5.74, 6) is 0.367. The molecule has 27 heavy (non-hydrogen) atoms. The van der Waals surface area contributed by atoms with Gasteiger partial charge in [0.2, 0.25) is 0 Å². The van der Waals surface area contributed by atoms with Crippen molar-refractivity contribution in [3.8, 4) is 5.75 Å². The lowest BCUT2D eigenvalue weighted by atomic mass is 10.2. The molecular weight excluding hydrogens is 404 g/mol. The van der Waals surface area contributed by atoms with Crippen molar-refractivity contribution in [1.82, 2.24) is 0 Å². The molecule has 0 fully saturated rings. The first-order valence-corrected chi connectivity index (χ1v) is 9.73. The molecule has 3 rings (SSSR count). The van der Waals surface area contributed by atoms with Crippen LogP contribution in [0.1, 0.15) is 16.6 Å². The van der Waals surface area contributed by atoms with Crippen molar-refractivity contribution in [2.45, 2.75) is 6.92 Å². The molecule has 0 atom stereocenters. The molecule has 0 unspecified atom stereocenters. The van der Waals surface area contributed by atoms with Crippen LogP contribution in [0, 0.1) is 0 Å². The summed E-state index contributed by atoms with van der Waals surface area (Å²) < 4.78 is 11.1. The molecule has 0 spiro atoms. The van der Waals surface area contributed by atoms with E-state index in [0.717, 1.165) is 27.2 Å². The van der Waals surface area contributed by atoms with Crippen LogP contribution in [0.15, 0.2) is 42.5 Å². The molecule has 8 heteroatoms. The van der Waals surface area contributed by atoms with Crippen molar-refractivity contribution in [3.05, 3.63) is 52.4 Å². The Labute approximate surface area is 171 Å². The molecule has 0 amide bonds. The average Bonchev–Trinajstić information content (AvgIpc) is 2.99. The maximum atomic E-state index is 11.8. The third kappa shape index (κ3) is 4.50. The second-order valence-electron chi connectivity index (χ2n) is 5.48. The summed E-state index contributed by atoms with van der Waals surface area (Å²) in [6.07, 6.45) is 0. The number of esters is 1. The minimum atomic E-state index is -0.441. The van der Waals surface area contributed by atoms with Crippen molar-refractivity contribution < 1.29 is 14.3 Å². The molecule has 1 aromatic heterocycles. The van der Waals surface area contributed by atoms with E-state index in [-0.39, 0.29) is 0 Å². The molecule has 0 radical (unpaired) electrons. The number of nitrogens with one attached hydrogen (secondary N) is 2. The topological polar surface area (TPSA) is 59.6 Å². The lowest BCUT2D eigenvalue weighted by Gasteiger charge is -2.11. The fraction of sp³-hybridized carbons (Fsp3) is 0.158. The Bertz CT molecular complexity index is 987. The van der Waals surface area contributed by atoms with Gasteiger partial charge >= 0.3 is 5.97 Å². The number of ether oxygens (including phenoxy) is 2. The Kier molecular flexibility index (Phi) is 6.15. The van der Waals surface area contributed by atoms with Gasteiger partial charge in [0.15, 0.2) is 5.11 Å². The minimum absolute atomic E-state index is 0.390. The van der Waals surface area contributed by atoms with E-state index in [0.29, 0.717) is 21.6 Å². The van der Waals surface area contributed by atoms with Crippen molar-refractivity contribution in [2.24, 2.45) is 0 Å². The first-order chi connectivity index (χ1) is 13.0. The van der Waals surface area contributed by atoms with Gasteiger partial charge in [-0.15, -0.1) is 11.3 Å². The molecular formula is C19H17ClN2O3S2. The van der Waals surface area contributed by atoms with E-state index < -0.39 is 5.97 Å². The van der Waals surface area contributed by atoms with Crippen LogP contribution in [-0.4, -0.2) is 24.8 Å². The SMILES string of the molecule is CCOc1ccc(NC(=S)Nc2ccc3c(Cl)c(C(=O)OC)sc3c2)cc1. The Morgan fingerprint density at radius 3 is 2.48 bits per heavy atom. The molecule has 140 valence electrons. The summed E-state index contributed by atoms with van der Waals surface area (Å²) in [6, 6.07) is 13.1. The van der Waals surface area contributed by atoms with Crippen molar-refractivity contribution in [1.29, 1.82) is 0 Å². The molecule has 0 aliphatic carbocycles. The van der Waals surface area contributed by atoms with Gasteiger partial charge in [0.05, 0.1) is 18.7 Å². The molecule has 2 N–H and O–H groups in total. The number of halogens is 1. The molecule has 2 aromatic carbocycles. The highest BCUT2D eigenvalue weighted by Gasteiger charge is 2.17. The van der Waals surface area contributed by atoms with Gasteiger partial charge in [0.25, 0.3) is 0 Å². The monoisotopic (exact) mass is 420 g/mol. The summed E-state index contributed by atoms with van der Waals surface area (Å²) in [5, 5.41) is 7.91.